The van der Waals surface area contributed by atoms with Crippen LogP contribution >= 0.6 is 0 Å². The Morgan fingerprint density at radius 1 is 0.562 bits per heavy atom. The molecule has 0 radical (unpaired) electrons. The average Bonchev–Trinajstić information content (AvgIpc) is 2.72. The van der Waals surface area contributed by atoms with Crippen LogP contribution in [0.1, 0.15) is 13.8 Å². The van der Waals surface area contributed by atoms with Crippen LogP contribution in [0.25, 0.3) is 0 Å². The molecule has 0 aromatic heterocycles. The molecule has 0 heterocycles. The summed E-state index contributed by atoms with van der Waals surface area (Å²) in [5.41, 5.74) is 0. The third-order valence-electron chi connectivity index (χ3n) is 2.30. The number of hydrogen-bond donors (Lipinski definition) is 0. The van der Waals surface area contributed by atoms with Crippen LogP contribution in [0.15, 0.2) is 60.7 Å². The van der Waals surface area contributed by atoms with Crippen LogP contribution in [0.3, 0.4) is 0 Å². The second-order valence-corrected chi connectivity index (χ2v) is 11.2. The van der Waals surface area contributed by atoms with Gasteiger partial charge >= 0.3 is 110 Å². The Morgan fingerprint density at radius 2 is 0.750 bits per heavy atom. The van der Waals surface area contributed by atoms with Gasteiger partial charge in [0.15, 0.2) is 0 Å². The molecule has 0 amide bonds. The van der Waals surface area contributed by atoms with E-state index in [0.29, 0.717) is 26.3 Å². The summed E-state index contributed by atoms with van der Waals surface area (Å²) in [6, 6.07) is 21.6. The van der Waals surface area contributed by atoms with Crippen LogP contribution in [0.4, 0.5) is 34.5 Å². The van der Waals surface area contributed by atoms with Crippen molar-refractivity contribution in [1.82, 2.24) is 0 Å². The van der Waals surface area contributed by atoms with Crippen molar-refractivity contribution in [3.05, 3.63) is 60.7 Å². The quantitative estimate of drug-likeness (QED) is 0.358. The summed E-state index contributed by atoms with van der Waals surface area (Å²) in [5, 5.41) is 0. The molecule has 186 valence electrons. The van der Waals surface area contributed by atoms with E-state index < -0.39 is 14.5 Å². The molecule has 0 N–H and O–H groups in total. The van der Waals surface area contributed by atoms with Crippen molar-refractivity contribution in [2.24, 2.45) is 0 Å². The Labute approximate surface area is 195 Å². The van der Waals surface area contributed by atoms with Gasteiger partial charge in [0.25, 0.3) is 0 Å². The molecule has 2 nitrogen and oxygen atoms in total. The van der Waals surface area contributed by atoms with E-state index in [-0.39, 0.29) is 0 Å². The first kappa shape index (κ1) is 35.6. The first-order valence-electron chi connectivity index (χ1n) is 8.95. The van der Waals surface area contributed by atoms with E-state index in [9.17, 15) is 34.5 Å². The van der Waals surface area contributed by atoms with Gasteiger partial charge in [0, 0.05) is 27.4 Å². The molecule has 0 spiro atoms. The van der Waals surface area contributed by atoms with E-state index in [4.69, 9.17) is 0 Å². The number of halogens is 8. The average molecular weight is 606 g/mol. The fourth-order valence-corrected chi connectivity index (χ4v) is 7.10. The van der Waals surface area contributed by atoms with Crippen molar-refractivity contribution in [3.8, 4) is 0 Å². The number of ether oxygens (including phenoxy) is 2. The molecule has 0 aliphatic rings. The van der Waals surface area contributed by atoms with E-state index in [1.54, 1.807) is 14.2 Å². The van der Waals surface area contributed by atoms with E-state index in [1.807, 2.05) is 13.8 Å². The molecule has 14 heteroatoms. The van der Waals surface area contributed by atoms with Crippen LogP contribution < -0.4 is 8.92 Å². The fraction of sp³-hybridized carbons (Fsp3) is 0.333. The summed E-state index contributed by atoms with van der Waals surface area (Å²) in [7, 11) is -8.64. The Hall–Kier alpha value is -1.03. The third kappa shape index (κ3) is 47.0. The van der Waals surface area contributed by atoms with Gasteiger partial charge in [0.2, 0.25) is 0 Å². The molecule has 0 bridgehead atoms. The van der Waals surface area contributed by atoms with E-state index in [2.05, 4.69) is 70.1 Å². The third-order valence-corrected chi connectivity index (χ3v) is 9.53. The van der Waals surface area contributed by atoms with Crippen molar-refractivity contribution in [1.29, 1.82) is 0 Å². The number of benzene rings is 2. The molecule has 0 saturated carbocycles. The molecule has 32 heavy (non-hydrogen) atoms. The maximum absolute atomic E-state index is 9.75. The summed E-state index contributed by atoms with van der Waals surface area (Å²) in [5.74, 6) is 0. The molecule has 2 aromatic carbocycles. The van der Waals surface area contributed by atoms with Gasteiger partial charge in [-0.1, -0.05) is 0 Å². The zero-order chi connectivity index (χ0) is 25.5. The van der Waals surface area contributed by atoms with E-state index in [0.717, 1.165) is 13.2 Å². The molecular weight excluding hydrogens is 580 g/mol. The van der Waals surface area contributed by atoms with Gasteiger partial charge in [0.05, 0.1) is 0 Å². The van der Waals surface area contributed by atoms with Crippen LogP contribution in [0, 0.1) is 0 Å². The van der Waals surface area contributed by atoms with Crippen molar-refractivity contribution >= 4 is 49.7 Å². The molecule has 0 atom stereocenters. The normalized spacial score (nSPS) is 10.0. The first-order chi connectivity index (χ1) is 14.8. The van der Waals surface area contributed by atoms with Gasteiger partial charge in [-0.3, -0.25) is 0 Å². The second-order valence-electron chi connectivity index (χ2n) is 4.94. The predicted octanol–water partition coefficient (Wildman–Crippen LogP) is 4.87. The van der Waals surface area contributed by atoms with Gasteiger partial charge < -0.3 is 44.0 Å². The summed E-state index contributed by atoms with van der Waals surface area (Å²) >= 11 is 1.27. The van der Waals surface area contributed by atoms with Crippen molar-refractivity contribution in [3.63, 3.8) is 0 Å². The Bertz CT molecular complexity index is 550. The molecule has 2 rings (SSSR count). The maximum atomic E-state index is 9.75. The van der Waals surface area contributed by atoms with Gasteiger partial charge in [-0.05, 0) is 13.8 Å². The van der Waals surface area contributed by atoms with Gasteiger partial charge in [-0.15, -0.1) is 0 Å². The standard InChI is InChI=1S/C12H10Se2.2C3H8O.2BF4/c1-3-7-11(8-4-1)13-14-12-9-5-2-6-10-12;2*1-3-4-2;2*2-1(3,4)5/h1-10H;2*3H2,1-2H3;;/q;;;2*-1. The topological polar surface area (TPSA) is 18.5 Å². The monoisotopic (exact) mass is 608 g/mol. The molecule has 0 aliphatic carbocycles. The fourth-order valence-electron chi connectivity index (χ4n) is 1.05. The molecular formula is C18H26B2F8O2Se2-2. The van der Waals surface area contributed by atoms with Crippen molar-refractivity contribution < 1.29 is 44.0 Å². The zero-order valence-electron chi connectivity index (χ0n) is 18.0. The van der Waals surface area contributed by atoms with Gasteiger partial charge in [-0.2, -0.15) is 0 Å². The van der Waals surface area contributed by atoms with Crippen molar-refractivity contribution in [2.75, 3.05) is 27.4 Å². The van der Waals surface area contributed by atoms with Crippen LogP contribution in [0.2, 0.25) is 0 Å². The van der Waals surface area contributed by atoms with Crippen LogP contribution in [0.5, 0.6) is 0 Å². The Kier molecular flexibility index (Phi) is 25.7. The molecule has 0 aliphatic heterocycles. The summed E-state index contributed by atoms with van der Waals surface area (Å²) < 4.78 is 90.1. The van der Waals surface area contributed by atoms with Crippen LogP contribution in [-0.2, 0) is 9.47 Å². The van der Waals surface area contributed by atoms with E-state index >= 15 is 0 Å². The molecule has 0 fully saturated rings. The molecule has 0 unspecified atom stereocenters. The number of hydrogen-bond acceptors (Lipinski definition) is 2. The predicted molar refractivity (Wildman–Crippen MR) is 119 cm³/mol. The minimum absolute atomic E-state index is 0.635. The zero-order valence-corrected chi connectivity index (χ0v) is 21.4. The van der Waals surface area contributed by atoms with Crippen LogP contribution in [-0.4, -0.2) is 68.2 Å². The minimum atomic E-state index is -6.00. The Balaban J connectivity index is -0.000000390. The SMILES string of the molecule is CCOC.CCOC.F[B-](F)(F)F.F[B-](F)(F)F.c1ccc([Se][Se]c2ccccc2)cc1. The second kappa shape index (κ2) is 23.1. The molecule has 2 aromatic rings. The summed E-state index contributed by atoms with van der Waals surface area (Å²) in [4.78, 5) is 0. The Morgan fingerprint density at radius 3 is 0.906 bits per heavy atom. The summed E-state index contributed by atoms with van der Waals surface area (Å²) in [6.07, 6.45) is 0. The summed E-state index contributed by atoms with van der Waals surface area (Å²) in [6.45, 7) is 5.56. The van der Waals surface area contributed by atoms with Gasteiger partial charge in [-0.25, -0.2) is 0 Å². The number of rotatable bonds is 5. The van der Waals surface area contributed by atoms with Gasteiger partial charge in [0.1, 0.15) is 0 Å². The number of methoxy groups -OCH3 is 2. The molecule has 0 saturated heterocycles. The first-order valence-corrected chi connectivity index (χ1v) is 15.0. The van der Waals surface area contributed by atoms with Crippen molar-refractivity contribution in [2.45, 2.75) is 13.8 Å². The van der Waals surface area contributed by atoms with E-state index in [1.165, 1.54) is 8.92 Å².